The lowest BCUT2D eigenvalue weighted by Gasteiger charge is -1.90. The molecule has 0 aromatic carbocycles. The molecule has 0 amide bonds. The standard InChI is InChI=1S/C9H4Br2OS2/c10-6-3-7(14-9(6)11)8(12)5-1-2-13-4-5/h1-4H. The monoisotopic (exact) mass is 350 g/mol. The van der Waals surface area contributed by atoms with Gasteiger partial charge in [0, 0.05) is 15.4 Å². The first kappa shape index (κ1) is 10.5. The molecule has 0 spiro atoms. The van der Waals surface area contributed by atoms with Crippen molar-refractivity contribution in [2.24, 2.45) is 0 Å². The van der Waals surface area contributed by atoms with Crippen LogP contribution in [0.2, 0.25) is 0 Å². The van der Waals surface area contributed by atoms with Crippen LogP contribution in [0.25, 0.3) is 0 Å². The number of ketones is 1. The van der Waals surface area contributed by atoms with Gasteiger partial charge in [0.1, 0.15) is 0 Å². The molecule has 0 unspecified atom stereocenters. The lowest BCUT2D eigenvalue weighted by atomic mass is 10.2. The molecule has 2 rings (SSSR count). The number of carbonyl (C=O) groups is 1. The molecular formula is C9H4Br2OS2. The first-order chi connectivity index (χ1) is 6.68. The quantitative estimate of drug-likeness (QED) is 0.724. The summed E-state index contributed by atoms with van der Waals surface area (Å²) in [6.45, 7) is 0. The Hall–Kier alpha value is 0.0300. The van der Waals surface area contributed by atoms with E-state index in [-0.39, 0.29) is 5.78 Å². The van der Waals surface area contributed by atoms with Gasteiger partial charge < -0.3 is 0 Å². The number of thiophene rings is 2. The van der Waals surface area contributed by atoms with Crippen molar-refractivity contribution in [3.05, 3.63) is 41.6 Å². The highest BCUT2D eigenvalue weighted by Gasteiger charge is 2.13. The number of carbonyl (C=O) groups excluding carboxylic acids is 1. The molecule has 0 atom stereocenters. The molecule has 0 aliphatic heterocycles. The fourth-order valence-corrected chi connectivity index (χ4v) is 3.63. The van der Waals surface area contributed by atoms with Crippen molar-refractivity contribution in [2.75, 3.05) is 0 Å². The Morgan fingerprint density at radius 3 is 2.64 bits per heavy atom. The third-order valence-electron chi connectivity index (χ3n) is 1.65. The first-order valence-corrected chi connectivity index (χ1v) is 7.05. The van der Waals surface area contributed by atoms with Gasteiger partial charge >= 0.3 is 0 Å². The summed E-state index contributed by atoms with van der Waals surface area (Å²) in [5.41, 5.74) is 0.760. The first-order valence-electron chi connectivity index (χ1n) is 3.70. The maximum atomic E-state index is 11.8. The summed E-state index contributed by atoms with van der Waals surface area (Å²) >= 11 is 9.71. The Balaban J connectivity index is 2.37. The molecule has 0 aliphatic carbocycles. The molecule has 0 radical (unpaired) electrons. The molecule has 0 saturated carbocycles. The van der Waals surface area contributed by atoms with Crippen molar-refractivity contribution < 1.29 is 4.79 Å². The Kier molecular flexibility index (Phi) is 3.21. The minimum absolute atomic E-state index is 0.0858. The minimum Gasteiger partial charge on any atom is -0.288 e. The Bertz CT molecular complexity index is 440. The summed E-state index contributed by atoms with van der Waals surface area (Å²) in [6, 6.07) is 3.68. The molecule has 5 heteroatoms. The fraction of sp³-hybridized carbons (Fsp3) is 0. The average molecular weight is 352 g/mol. The largest absolute Gasteiger partial charge is 0.288 e. The maximum absolute atomic E-state index is 11.8. The number of rotatable bonds is 2. The topological polar surface area (TPSA) is 17.1 Å². The highest BCUT2D eigenvalue weighted by molar-refractivity contribution is 9.13. The van der Waals surface area contributed by atoms with Gasteiger partial charge in [0.15, 0.2) is 0 Å². The molecule has 1 nitrogen and oxygen atoms in total. The van der Waals surface area contributed by atoms with Gasteiger partial charge in [-0.1, -0.05) is 0 Å². The van der Waals surface area contributed by atoms with Crippen LogP contribution in [0, 0.1) is 0 Å². The molecule has 0 bridgehead atoms. The lowest BCUT2D eigenvalue weighted by molar-refractivity contribution is 0.104. The summed E-state index contributed by atoms with van der Waals surface area (Å²) < 4.78 is 1.89. The van der Waals surface area contributed by atoms with Gasteiger partial charge in [-0.05, 0) is 49.4 Å². The van der Waals surface area contributed by atoms with Crippen molar-refractivity contribution >= 4 is 60.3 Å². The zero-order valence-corrected chi connectivity index (χ0v) is 11.6. The lowest BCUT2D eigenvalue weighted by Crippen LogP contribution is -1.95. The molecule has 0 N–H and O–H groups in total. The molecule has 2 aromatic heterocycles. The maximum Gasteiger partial charge on any atom is 0.203 e. The summed E-state index contributed by atoms with van der Waals surface area (Å²) in [5.74, 6) is 0.0858. The Labute approximate surface area is 106 Å². The van der Waals surface area contributed by atoms with Gasteiger partial charge in [0.2, 0.25) is 5.78 Å². The number of halogens is 2. The summed E-state index contributed by atoms with van der Waals surface area (Å²) in [4.78, 5) is 12.6. The van der Waals surface area contributed by atoms with Gasteiger partial charge in [-0.25, -0.2) is 0 Å². The van der Waals surface area contributed by atoms with E-state index < -0.39 is 0 Å². The third-order valence-corrected chi connectivity index (χ3v) is 5.59. The average Bonchev–Trinajstić information content (AvgIpc) is 2.76. The highest BCUT2D eigenvalue weighted by atomic mass is 79.9. The van der Waals surface area contributed by atoms with E-state index >= 15 is 0 Å². The fourth-order valence-electron chi connectivity index (χ4n) is 0.994. The summed E-state index contributed by atoms with van der Waals surface area (Å²) in [5, 5.41) is 3.77. The predicted molar refractivity (Wildman–Crippen MR) is 67.5 cm³/mol. The Morgan fingerprint density at radius 2 is 2.14 bits per heavy atom. The third kappa shape index (κ3) is 2.00. The SMILES string of the molecule is O=C(c1ccsc1)c1cc(Br)c(Br)s1. The van der Waals surface area contributed by atoms with E-state index in [0.717, 1.165) is 18.7 Å². The molecule has 0 fully saturated rings. The van der Waals surface area contributed by atoms with Gasteiger partial charge in [-0.3, -0.25) is 4.79 Å². The van der Waals surface area contributed by atoms with Crippen molar-refractivity contribution in [1.29, 1.82) is 0 Å². The van der Waals surface area contributed by atoms with E-state index in [9.17, 15) is 4.79 Å². The number of hydrogen-bond donors (Lipinski definition) is 0. The van der Waals surface area contributed by atoms with Crippen LogP contribution in [0.1, 0.15) is 15.2 Å². The number of hydrogen-bond acceptors (Lipinski definition) is 3. The smallest absolute Gasteiger partial charge is 0.203 e. The molecule has 72 valence electrons. The second-order valence-corrected chi connectivity index (χ2v) is 6.58. The second kappa shape index (κ2) is 4.26. The van der Waals surface area contributed by atoms with Crippen LogP contribution < -0.4 is 0 Å². The zero-order valence-electron chi connectivity index (χ0n) is 6.79. The van der Waals surface area contributed by atoms with Gasteiger partial charge in [0.05, 0.1) is 8.66 Å². The van der Waals surface area contributed by atoms with Crippen LogP contribution in [0.4, 0.5) is 0 Å². The van der Waals surface area contributed by atoms with Crippen LogP contribution in [0.15, 0.2) is 31.2 Å². The molecule has 2 heterocycles. The zero-order chi connectivity index (χ0) is 10.1. The highest BCUT2D eigenvalue weighted by Crippen LogP contribution is 2.33. The molecule has 0 saturated heterocycles. The van der Waals surface area contributed by atoms with E-state index in [1.807, 2.05) is 22.9 Å². The molecular weight excluding hydrogens is 348 g/mol. The van der Waals surface area contributed by atoms with E-state index in [1.165, 1.54) is 22.7 Å². The van der Waals surface area contributed by atoms with Gasteiger partial charge in [0.25, 0.3) is 0 Å². The minimum atomic E-state index is 0.0858. The van der Waals surface area contributed by atoms with Crippen LogP contribution in [-0.2, 0) is 0 Å². The van der Waals surface area contributed by atoms with Crippen LogP contribution >= 0.6 is 54.5 Å². The Morgan fingerprint density at radius 1 is 1.36 bits per heavy atom. The van der Waals surface area contributed by atoms with E-state index in [0.29, 0.717) is 0 Å². The summed E-state index contributed by atoms with van der Waals surface area (Å²) in [7, 11) is 0. The van der Waals surface area contributed by atoms with Gasteiger partial charge in [-0.2, -0.15) is 11.3 Å². The molecule has 0 aliphatic rings. The molecule has 2 aromatic rings. The van der Waals surface area contributed by atoms with Crippen molar-refractivity contribution in [2.45, 2.75) is 0 Å². The van der Waals surface area contributed by atoms with Crippen molar-refractivity contribution in [1.82, 2.24) is 0 Å². The van der Waals surface area contributed by atoms with E-state index in [4.69, 9.17) is 0 Å². The van der Waals surface area contributed by atoms with E-state index in [1.54, 1.807) is 0 Å². The van der Waals surface area contributed by atoms with Crippen LogP contribution in [0.3, 0.4) is 0 Å². The van der Waals surface area contributed by atoms with Crippen LogP contribution in [-0.4, -0.2) is 5.78 Å². The predicted octanol–water partition coefficient (Wildman–Crippen LogP) is 4.57. The summed E-state index contributed by atoms with van der Waals surface area (Å²) in [6.07, 6.45) is 0. The normalized spacial score (nSPS) is 10.4. The van der Waals surface area contributed by atoms with Crippen LogP contribution in [0.5, 0.6) is 0 Å². The van der Waals surface area contributed by atoms with Crippen molar-refractivity contribution in [3.8, 4) is 0 Å². The van der Waals surface area contributed by atoms with Crippen molar-refractivity contribution in [3.63, 3.8) is 0 Å². The van der Waals surface area contributed by atoms with E-state index in [2.05, 4.69) is 31.9 Å². The molecule has 14 heavy (non-hydrogen) atoms. The second-order valence-electron chi connectivity index (χ2n) is 2.57. The van der Waals surface area contributed by atoms with Gasteiger partial charge in [-0.15, -0.1) is 11.3 Å².